The van der Waals surface area contributed by atoms with Gasteiger partial charge in [-0.25, -0.2) is 4.79 Å². The Balaban J connectivity index is 0.000000339. The number of hydrogen-bond acceptors (Lipinski definition) is 4. The molecule has 170 valence electrons. The van der Waals surface area contributed by atoms with Crippen LogP contribution < -0.4 is 0 Å². The van der Waals surface area contributed by atoms with Gasteiger partial charge < -0.3 is 24.6 Å². The number of aromatic nitrogens is 1. The Labute approximate surface area is 177 Å². The standard InChI is InChI=1S/C19H25N3O2.C2HF3O2/c1-2-21-9-10-24-18-13-22(8-6-16(18)12-21)19(23)15-3-4-17-14(11-15)5-7-20-17;3-2(4,5)1(6)7/h3-5,7,11,16,18,20H,2,6,8-10,12-13H2,1H3;(H,6,7)/t16-,18-;/m1./s1. The van der Waals surface area contributed by atoms with Crippen LogP contribution in [0.2, 0.25) is 0 Å². The molecular weight excluding hydrogens is 415 g/mol. The fourth-order valence-corrected chi connectivity index (χ4v) is 3.96. The van der Waals surface area contributed by atoms with Crippen LogP contribution >= 0.6 is 0 Å². The number of H-pyrrole nitrogens is 1. The lowest BCUT2D eigenvalue weighted by molar-refractivity contribution is -0.192. The molecule has 31 heavy (non-hydrogen) atoms. The number of aromatic amines is 1. The van der Waals surface area contributed by atoms with Crippen molar-refractivity contribution >= 4 is 22.8 Å². The zero-order chi connectivity index (χ0) is 22.6. The average Bonchev–Trinajstić information content (AvgIpc) is 3.10. The third-order valence-corrected chi connectivity index (χ3v) is 5.71. The number of carbonyl (C=O) groups is 2. The molecule has 7 nitrogen and oxygen atoms in total. The number of nitrogens with one attached hydrogen (secondary N) is 1. The monoisotopic (exact) mass is 441 g/mol. The zero-order valence-corrected chi connectivity index (χ0v) is 17.2. The van der Waals surface area contributed by atoms with Gasteiger partial charge >= 0.3 is 12.1 Å². The highest BCUT2D eigenvalue weighted by atomic mass is 19.4. The third kappa shape index (κ3) is 5.76. The van der Waals surface area contributed by atoms with Gasteiger partial charge in [0.15, 0.2) is 0 Å². The van der Waals surface area contributed by atoms with E-state index >= 15 is 0 Å². The lowest BCUT2D eigenvalue weighted by Gasteiger charge is -2.38. The van der Waals surface area contributed by atoms with Gasteiger partial charge in [0.25, 0.3) is 5.91 Å². The number of rotatable bonds is 2. The normalized spacial score (nSPS) is 22.3. The van der Waals surface area contributed by atoms with Gasteiger partial charge in [-0.15, -0.1) is 0 Å². The largest absolute Gasteiger partial charge is 0.490 e. The minimum atomic E-state index is -5.08. The Morgan fingerprint density at radius 3 is 2.65 bits per heavy atom. The fourth-order valence-electron chi connectivity index (χ4n) is 3.96. The molecule has 0 aliphatic carbocycles. The van der Waals surface area contributed by atoms with Crippen molar-refractivity contribution in [2.75, 3.05) is 39.3 Å². The molecule has 2 aromatic rings. The van der Waals surface area contributed by atoms with Crippen molar-refractivity contribution < 1.29 is 32.6 Å². The summed E-state index contributed by atoms with van der Waals surface area (Å²) in [7, 11) is 0. The van der Waals surface area contributed by atoms with E-state index in [1.807, 2.05) is 35.4 Å². The fraction of sp³-hybridized carbons (Fsp3) is 0.524. The number of carboxylic acids is 1. The number of halogens is 3. The van der Waals surface area contributed by atoms with Crippen molar-refractivity contribution in [3.05, 3.63) is 36.0 Å². The lowest BCUT2D eigenvalue weighted by atomic mass is 9.93. The van der Waals surface area contributed by atoms with Gasteiger partial charge in [-0.05, 0) is 37.2 Å². The number of hydrogen-bond donors (Lipinski definition) is 2. The number of ether oxygens (including phenoxy) is 1. The molecule has 0 unspecified atom stereocenters. The predicted molar refractivity (Wildman–Crippen MR) is 108 cm³/mol. The highest BCUT2D eigenvalue weighted by molar-refractivity contribution is 5.98. The molecule has 1 aromatic heterocycles. The lowest BCUT2D eigenvalue weighted by Crippen LogP contribution is -2.49. The Bertz CT molecular complexity index is 915. The molecule has 2 atom stereocenters. The second kappa shape index (κ2) is 9.69. The number of fused-ring (bicyclic) bond motifs is 2. The van der Waals surface area contributed by atoms with E-state index in [2.05, 4.69) is 16.8 Å². The zero-order valence-electron chi connectivity index (χ0n) is 17.2. The summed E-state index contributed by atoms with van der Waals surface area (Å²) < 4.78 is 37.8. The van der Waals surface area contributed by atoms with E-state index in [1.54, 1.807) is 0 Å². The van der Waals surface area contributed by atoms with Gasteiger partial charge in [0.2, 0.25) is 0 Å². The summed E-state index contributed by atoms with van der Waals surface area (Å²) >= 11 is 0. The van der Waals surface area contributed by atoms with Crippen LogP contribution in [0.5, 0.6) is 0 Å². The van der Waals surface area contributed by atoms with E-state index in [0.717, 1.165) is 55.7 Å². The second-order valence-electron chi connectivity index (χ2n) is 7.69. The molecule has 0 saturated carbocycles. The topological polar surface area (TPSA) is 85.9 Å². The van der Waals surface area contributed by atoms with E-state index in [1.165, 1.54) is 0 Å². The van der Waals surface area contributed by atoms with Crippen molar-refractivity contribution in [3.63, 3.8) is 0 Å². The number of carboxylic acid groups (broad SMARTS) is 1. The van der Waals surface area contributed by atoms with Gasteiger partial charge in [0.1, 0.15) is 0 Å². The first-order chi connectivity index (χ1) is 14.7. The van der Waals surface area contributed by atoms with Crippen molar-refractivity contribution in [1.29, 1.82) is 0 Å². The number of benzene rings is 1. The maximum atomic E-state index is 12.9. The number of likely N-dealkylation sites (tertiary alicyclic amines) is 1. The summed E-state index contributed by atoms with van der Waals surface area (Å²) in [4.78, 5) is 29.4. The Morgan fingerprint density at radius 2 is 1.97 bits per heavy atom. The summed E-state index contributed by atoms with van der Waals surface area (Å²) in [6.07, 6.45) is -1.97. The SMILES string of the molecule is CCN1CCO[C@@H]2CN(C(=O)c3ccc4[nH]ccc4c3)CC[C@@H]2C1.O=C(O)C(F)(F)F. The molecule has 2 aliphatic heterocycles. The number of piperidine rings is 1. The molecule has 4 rings (SSSR count). The third-order valence-electron chi connectivity index (χ3n) is 5.71. The Hall–Kier alpha value is -2.59. The highest BCUT2D eigenvalue weighted by Gasteiger charge is 2.38. The summed E-state index contributed by atoms with van der Waals surface area (Å²) in [5.41, 5.74) is 1.83. The number of nitrogens with zero attached hydrogens (tertiary/aromatic N) is 2. The van der Waals surface area contributed by atoms with E-state index in [-0.39, 0.29) is 12.0 Å². The van der Waals surface area contributed by atoms with Crippen LogP contribution in [0.3, 0.4) is 0 Å². The van der Waals surface area contributed by atoms with Crippen molar-refractivity contribution in [2.24, 2.45) is 5.92 Å². The quantitative estimate of drug-likeness (QED) is 0.749. The molecule has 0 radical (unpaired) electrons. The molecule has 10 heteroatoms. The summed E-state index contributed by atoms with van der Waals surface area (Å²) in [6, 6.07) is 7.88. The number of aliphatic carboxylic acids is 1. The van der Waals surface area contributed by atoms with Crippen molar-refractivity contribution in [1.82, 2.24) is 14.8 Å². The minimum absolute atomic E-state index is 0.122. The molecule has 2 fully saturated rings. The number of amides is 1. The van der Waals surface area contributed by atoms with Gasteiger partial charge in [-0.1, -0.05) is 6.92 Å². The van der Waals surface area contributed by atoms with Crippen LogP contribution in [0.25, 0.3) is 10.9 Å². The predicted octanol–water partition coefficient (Wildman–Crippen LogP) is 2.98. The van der Waals surface area contributed by atoms with Crippen LogP contribution in [0.1, 0.15) is 23.7 Å². The van der Waals surface area contributed by atoms with Gasteiger partial charge in [0.05, 0.1) is 12.7 Å². The number of carbonyl (C=O) groups excluding carboxylic acids is 1. The summed E-state index contributed by atoms with van der Waals surface area (Å²) in [5.74, 6) is -2.09. The second-order valence-corrected chi connectivity index (χ2v) is 7.69. The first-order valence-corrected chi connectivity index (χ1v) is 10.2. The highest BCUT2D eigenvalue weighted by Crippen LogP contribution is 2.25. The number of likely N-dealkylation sites (N-methyl/N-ethyl adjacent to an activating group) is 1. The van der Waals surface area contributed by atoms with Crippen molar-refractivity contribution in [3.8, 4) is 0 Å². The van der Waals surface area contributed by atoms with Gasteiger partial charge in [0, 0.05) is 54.8 Å². The van der Waals surface area contributed by atoms with Crippen LogP contribution in [0.4, 0.5) is 13.2 Å². The molecule has 2 N–H and O–H groups in total. The number of alkyl halides is 3. The maximum absolute atomic E-state index is 12.9. The molecular formula is C21H26F3N3O4. The molecule has 0 spiro atoms. The molecule has 2 aliphatic rings. The van der Waals surface area contributed by atoms with Crippen LogP contribution in [-0.2, 0) is 9.53 Å². The summed E-state index contributed by atoms with van der Waals surface area (Å²) in [6.45, 7) is 7.69. The van der Waals surface area contributed by atoms with Gasteiger partial charge in [-0.2, -0.15) is 13.2 Å². The molecule has 3 heterocycles. The Kier molecular flexibility index (Phi) is 7.22. The molecule has 0 bridgehead atoms. The maximum Gasteiger partial charge on any atom is 0.490 e. The average molecular weight is 441 g/mol. The summed E-state index contributed by atoms with van der Waals surface area (Å²) in [5, 5.41) is 8.21. The van der Waals surface area contributed by atoms with Crippen LogP contribution in [-0.4, -0.2) is 83.4 Å². The van der Waals surface area contributed by atoms with Crippen molar-refractivity contribution in [2.45, 2.75) is 25.6 Å². The molecule has 1 amide bonds. The Morgan fingerprint density at radius 1 is 1.23 bits per heavy atom. The smallest absolute Gasteiger partial charge is 0.475 e. The van der Waals surface area contributed by atoms with Crippen LogP contribution in [0.15, 0.2) is 30.5 Å². The van der Waals surface area contributed by atoms with E-state index in [4.69, 9.17) is 14.6 Å². The van der Waals surface area contributed by atoms with Crippen LogP contribution in [0, 0.1) is 5.92 Å². The first-order valence-electron chi connectivity index (χ1n) is 10.2. The van der Waals surface area contributed by atoms with E-state index in [0.29, 0.717) is 12.5 Å². The van der Waals surface area contributed by atoms with E-state index in [9.17, 15) is 18.0 Å². The van der Waals surface area contributed by atoms with Gasteiger partial charge in [-0.3, -0.25) is 4.79 Å². The first kappa shape index (κ1) is 23.1. The minimum Gasteiger partial charge on any atom is -0.475 e. The van der Waals surface area contributed by atoms with E-state index < -0.39 is 12.1 Å². The molecule has 2 saturated heterocycles. The molecule has 1 aromatic carbocycles.